The smallest absolute Gasteiger partial charge is 0.358 e. The third-order valence-electron chi connectivity index (χ3n) is 2.67. The zero-order chi connectivity index (χ0) is 14.7. The standard InChI is InChI=1S/C11H14N6O3/c1-15(2)8-5-10(18)17(12-6-8)4-3-16-7-9(11(19)20)13-14-16/h5-7H,3-4H2,1-2H3,(H,19,20). The molecule has 0 aliphatic heterocycles. The summed E-state index contributed by atoms with van der Waals surface area (Å²) in [7, 11) is 3.65. The van der Waals surface area contributed by atoms with Crippen LogP contribution in [0.25, 0.3) is 0 Å². The SMILES string of the molecule is CN(C)c1cnn(CCn2cc(C(=O)O)nn2)c(=O)c1. The second kappa shape index (κ2) is 5.51. The first kappa shape index (κ1) is 13.7. The molecule has 20 heavy (non-hydrogen) atoms. The fourth-order valence-electron chi connectivity index (χ4n) is 1.54. The van der Waals surface area contributed by atoms with Crippen LogP contribution in [0.2, 0.25) is 0 Å². The van der Waals surface area contributed by atoms with Crippen LogP contribution in [0, 0.1) is 0 Å². The van der Waals surface area contributed by atoms with Crippen molar-refractivity contribution in [1.29, 1.82) is 0 Å². The molecule has 0 aliphatic carbocycles. The topological polar surface area (TPSA) is 106 Å². The number of hydrogen-bond acceptors (Lipinski definition) is 6. The van der Waals surface area contributed by atoms with E-state index >= 15 is 0 Å². The summed E-state index contributed by atoms with van der Waals surface area (Å²) in [6.45, 7) is 0.601. The van der Waals surface area contributed by atoms with Gasteiger partial charge < -0.3 is 10.0 Å². The first-order chi connectivity index (χ1) is 9.47. The summed E-state index contributed by atoms with van der Waals surface area (Å²) >= 11 is 0. The Hall–Kier alpha value is -2.71. The van der Waals surface area contributed by atoms with Gasteiger partial charge in [-0.25, -0.2) is 14.2 Å². The van der Waals surface area contributed by atoms with Crippen LogP contribution in [0.5, 0.6) is 0 Å². The molecule has 0 aromatic carbocycles. The predicted molar refractivity (Wildman–Crippen MR) is 69.8 cm³/mol. The number of aromatic nitrogens is 5. The Morgan fingerprint density at radius 2 is 2.15 bits per heavy atom. The van der Waals surface area contributed by atoms with Crippen LogP contribution in [0.1, 0.15) is 10.5 Å². The molecule has 9 heteroatoms. The van der Waals surface area contributed by atoms with Gasteiger partial charge in [0.2, 0.25) is 0 Å². The van der Waals surface area contributed by atoms with E-state index in [1.54, 1.807) is 11.1 Å². The van der Waals surface area contributed by atoms with E-state index in [1.807, 2.05) is 14.1 Å². The van der Waals surface area contributed by atoms with E-state index in [-0.39, 0.29) is 17.8 Å². The fourth-order valence-corrected chi connectivity index (χ4v) is 1.54. The Morgan fingerprint density at radius 3 is 2.70 bits per heavy atom. The molecule has 0 fully saturated rings. The highest BCUT2D eigenvalue weighted by Gasteiger charge is 2.08. The first-order valence-corrected chi connectivity index (χ1v) is 5.85. The van der Waals surface area contributed by atoms with Crippen molar-refractivity contribution < 1.29 is 9.90 Å². The van der Waals surface area contributed by atoms with Gasteiger partial charge in [0.05, 0.1) is 31.2 Å². The maximum atomic E-state index is 11.8. The molecule has 0 aliphatic rings. The Bertz CT molecular complexity index is 675. The summed E-state index contributed by atoms with van der Waals surface area (Å²) < 4.78 is 2.65. The van der Waals surface area contributed by atoms with Gasteiger partial charge in [0, 0.05) is 20.2 Å². The maximum Gasteiger partial charge on any atom is 0.358 e. The van der Waals surface area contributed by atoms with Gasteiger partial charge in [-0.3, -0.25) is 4.79 Å². The fraction of sp³-hybridized carbons (Fsp3) is 0.364. The summed E-state index contributed by atoms with van der Waals surface area (Å²) in [5.41, 5.74) is 0.364. The van der Waals surface area contributed by atoms with Crippen LogP contribution < -0.4 is 10.5 Å². The molecule has 0 bridgehead atoms. The van der Waals surface area contributed by atoms with E-state index in [0.29, 0.717) is 6.54 Å². The number of aryl methyl sites for hydroxylation is 2. The third kappa shape index (κ3) is 2.99. The first-order valence-electron chi connectivity index (χ1n) is 5.85. The van der Waals surface area contributed by atoms with Crippen LogP contribution in [-0.4, -0.2) is 49.9 Å². The molecule has 0 amide bonds. The molecule has 9 nitrogen and oxygen atoms in total. The van der Waals surface area contributed by atoms with Crippen LogP contribution in [0.4, 0.5) is 5.69 Å². The Kier molecular flexibility index (Phi) is 3.78. The lowest BCUT2D eigenvalue weighted by molar-refractivity contribution is 0.0690. The number of carboxylic acid groups (broad SMARTS) is 1. The Balaban J connectivity index is 2.07. The molecule has 0 saturated carbocycles. The minimum absolute atomic E-state index is 0.131. The van der Waals surface area contributed by atoms with Crippen LogP contribution in [0.15, 0.2) is 23.3 Å². The lowest BCUT2D eigenvalue weighted by Gasteiger charge is -2.12. The summed E-state index contributed by atoms with van der Waals surface area (Å²) in [6, 6.07) is 1.48. The lowest BCUT2D eigenvalue weighted by atomic mass is 10.4. The minimum atomic E-state index is -1.14. The van der Waals surface area contributed by atoms with Crippen LogP contribution in [0.3, 0.4) is 0 Å². The Morgan fingerprint density at radius 1 is 1.40 bits per heavy atom. The summed E-state index contributed by atoms with van der Waals surface area (Å²) in [5, 5.41) is 19.9. The van der Waals surface area contributed by atoms with E-state index < -0.39 is 5.97 Å². The molecule has 2 rings (SSSR count). The van der Waals surface area contributed by atoms with Gasteiger partial charge in [0.15, 0.2) is 5.69 Å². The molecule has 0 spiro atoms. The van der Waals surface area contributed by atoms with Crippen LogP contribution in [-0.2, 0) is 13.1 Å². The van der Waals surface area contributed by atoms with Crippen molar-refractivity contribution in [1.82, 2.24) is 24.8 Å². The molecule has 0 saturated heterocycles. The number of rotatable bonds is 5. The molecule has 2 aromatic heterocycles. The average Bonchev–Trinajstić information content (AvgIpc) is 2.86. The quantitative estimate of drug-likeness (QED) is 0.770. The molecule has 2 aromatic rings. The molecular formula is C11H14N6O3. The minimum Gasteiger partial charge on any atom is -0.476 e. The highest BCUT2D eigenvalue weighted by Crippen LogP contribution is 2.03. The van der Waals surface area contributed by atoms with Gasteiger partial charge in [-0.05, 0) is 0 Å². The number of carboxylic acids is 1. The highest BCUT2D eigenvalue weighted by molar-refractivity contribution is 5.84. The second-order valence-corrected chi connectivity index (χ2v) is 4.34. The molecule has 2 heterocycles. The van der Waals surface area contributed by atoms with Gasteiger partial charge >= 0.3 is 5.97 Å². The van der Waals surface area contributed by atoms with Gasteiger partial charge in [-0.15, -0.1) is 5.10 Å². The second-order valence-electron chi connectivity index (χ2n) is 4.34. The van der Waals surface area contributed by atoms with Crippen LogP contribution >= 0.6 is 0 Å². The number of anilines is 1. The third-order valence-corrected chi connectivity index (χ3v) is 2.67. The van der Waals surface area contributed by atoms with Gasteiger partial charge in [0.1, 0.15) is 0 Å². The highest BCUT2D eigenvalue weighted by atomic mass is 16.4. The zero-order valence-corrected chi connectivity index (χ0v) is 11.1. The molecular weight excluding hydrogens is 264 g/mol. The van der Waals surface area contributed by atoms with Crippen molar-refractivity contribution in [2.24, 2.45) is 0 Å². The van der Waals surface area contributed by atoms with Crippen molar-refractivity contribution in [3.8, 4) is 0 Å². The molecule has 1 N–H and O–H groups in total. The number of aromatic carboxylic acids is 1. The number of carbonyl (C=O) groups is 1. The summed E-state index contributed by atoms with van der Waals surface area (Å²) in [5.74, 6) is -1.14. The van der Waals surface area contributed by atoms with Gasteiger partial charge in [0.25, 0.3) is 5.56 Å². The predicted octanol–water partition coefficient (Wildman–Crippen LogP) is -0.701. The molecule has 0 unspecified atom stereocenters. The number of nitrogens with zero attached hydrogens (tertiary/aromatic N) is 6. The zero-order valence-electron chi connectivity index (χ0n) is 11.1. The van der Waals surface area contributed by atoms with E-state index in [4.69, 9.17) is 5.11 Å². The van der Waals surface area contributed by atoms with E-state index in [1.165, 1.54) is 21.6 Å². The van der Waals surface area contributed by atoms with Crippen molar-refractivity contribution in [3.63, 3.8) is 0 Å². The summed E-state index contributed by atoms with van der Waals surface area (Å²) in [6.07, 6.45) is 2.90. The van der Waals surface area contributed by atoms with Crippen molar-refractivity contribution >= 4 is 11.7 Å². The van der Waals surface area contributed by atoms with Gasteiger partial charge in [-0.1, -0.05) is 5.21 Å². The number of hydrogen-bond donors (Lipinski definition) is 1. The maximum absolute atomic E-state index is 11.8. The van der Waals surface area contributed by atoms with E-state index in [0.717, 1.165) is 5.69 Å². The van der Waals surface area contributed by atoms with E-state index in [2.05, 4.69) is 15.4 Å². The molecule has 106 valence electrons. The largest absolute Gasteiger partial charge is 0.476 e. The van der Waals surface area contributed by atoms with E-state index in [9.17, 15) is 9.59 Å². The average molecular weight is 278 g/mol. The monoisotopic (exact) mass is 278 g/mol. The molecule has 0 atom stereocenters. The van der Waals surface area contributed by atoms with Crippen molar-refractivity contribution in [2.45, 2.75) is 13.1 Å². The van der Waals surface area contributed by atoms with Gasteiger partial charge in [-0.2, -0.15) is 5.10 Å². The molecule has 0 radical (unpaired) electrons. The van der Waals surface area contributed by atoms with Crippen molar-refractivity contribution in [3.05, 3.63) is 34.5 Å². The van der Waals surface area contributed by atoms with Crippen molar-refractivity contribution in [2.75, 3.05) is 19.0 Å². The Labute approximate surface area is 114 Å². The lowest BCUT2D eigenvalue weighted by Crippen LogP contribution is -2.26. The normalized spacial score (nSPS) is 10.5. The summed E-state index contributed by atoms with van der Waals surface area (Å²) in [4.78, 5) is 24.3.